The molecule has 194 valence electrons. The van der Waals surface area contributed by atoms with Crippen molar-refractivity contribution in [3.63, 3.8) is 0 Å². The summed E-state index contributed by atoms with van der Waals surface area (Å²) in [5.41, 5.74) is 7.27. The number of hydrogen-bond acceptors (Lipinski definition) is 9. The normalized spacial score (nSPS) is 16.4. The molecule has 0 saturated heterocycles. The number of sulfonamides is 1. The number of hydrogen-bond donors (Lipinski definition) is 4. The molecule has 0 spiro atoms. The third-order valence-corrected chi connectivity index (χ3v) is 6.48. The van der Waals surface area contributed by atoms with Crippen LogP contribution in [0.2, 0.25) is 0 Å². The third kappa shape index (κ3) is 7.31. The van der Waals surface area contributed by atoms with Gasteiger partial charge in [-0.3, -0.25) is 9.79 Å². The molecule has 2 rings (SSSR count). The van der Waals surface area contributed by atoms with Crippen molar-refractivity contribution in [2.45, 2.75) is 46.5 Å². The second-order valence-electron chi connectivity index (χ2n) is 8.67. The first kappa shape index (κ1) is 27.9. The molecule has 1 aliphatic rings. The fraction of sp³-hybridized carbons (Fsp3) is 0.545. The molecule has 0 aromatic carbocycles. The average molecular weight is 511 g/mol. The fourth-order valence-electron chi connectivity index (χ4n) is 3.33. The van der Waals surface area contributed by atoms with E-state index in [1.165, 1.54) is 14.0 Å². The minimum atomic E-state index is -4.41. The van der Waals surface area contributed by atoms with Crippen LogP contribution in [0.1, 0.15) is 57.7 Å². The maximum atomic E-state index is 12.9. The number of nitrogens with zero attached hydrogens (tertiary/aromatic N) is 2. The van der Waals surface area contributed by atoms with Gasteiger partial charge < -0.3 is 25.8 Å². The van der Waals surface area contributed by atoms with Gasteiger partial charge in [-0.05, 0) is 17.4 Å². The van der Waals surface area contributed by atoms with Gasteiger partial charge in [-0.25, -0.2) is 22.9 Å². The van der Waals surface area contributed by atoms with Gasteiger partial charge in [0, 0.05) is 31.7 Å². The number of aliphatic imine (C=N–C) groups is 1. The fourth-order valence-corrected chi connectivity index (χ4v) is 4.27. The molecular weight excluding hydrogens is 476 g/mol. The topological polar surface area (TPSA) is 174 Å². The molecule has 1 aromatic heterocycles. The number of rotatable bonds is 9. The number of nitrogens with two attached hydrogens (primary N) is 1. The van der Waals surface area contributed by atoms with Gasteiger partial charge in [0.1, 0.15) is 0 Å². The van der Waals surface area contributed by atoms with Crippen molar-refractivity contribution in [1.82, 2.24) is 15.0 Å². The lowest BCUT2D eigenvalue weighted by molar-refractivity contribution is -0.119. The number of carbonyl (C=O) groups excluding carboxylic acids is 2. The van der Waals surface area contributed by atoms with Crippen LogP contribution in [-0.2, 0) is 19.6 Å². The lowest BCUT2D eigenvalue weighted by Gasteiger charge is -2.23. The van der Waals surface area contributed by atoms with Crippen molar-refractivity contribution < 1.29 is 27.5 Å². The van der Waals surface area contributed by atoms with Crippen molar-refractivity contribution in [2.24, 2.45) is 16.6 Å². The average Bonchev–Trinajstić information content (AvgIpc) is 2.78. The zero-order valence-electron chi connectivity index (χ0n) is 20.8. The number of pyridine rings is 1. The number of anilines is 1. The molecule has 0 aliphatic carbocycles. The van der Waals surface area contributed by atoms with Crippen molar-refractivity contribution >= 4 is 33.5 Å². The van der Waals surface area contributed by atoms with E-state index in [4.69, 9.17) is 15.2 Å². The van der Waals surface area contributed by atoms with Crippen molar-refractivity contribution in [3.05, 3.63) is 28.4 Å². The van der Waals surface area contributed by atoms with Crippen LogP contribution in [0, 0.1) is 5.92 Å². The molecule has 2 heterocycles. The standard InChI is InChI=1S/C22H34N6O6S/c1-12(2)16-7-18(33-6)26-19(13(3)4)20(16)27-22(30)28-35(31,32)17(8-23)21-25-10-15(11-34-21)9-24-14(5)29/h7-8,12-13,15H,9-11,23H2,1-6H3,(H,24,29)(H2,27,28,30). The summed E-state index contributed by atoms with van der Waals surface area (Å²) < 4.78 is 38.6. The van der Waals surface area contributed by atoms with Gasteiger partial charge in [-0.2, -0.15) is 0 Å². The summed E-state index contributed by atoms with van der Waals surface area (Å²) in [5.74, 6) is -0.200. The van der Waals surface area contributed by atoms with Crippen LogP contribution in [0.25, 0.3) is 0 Å². The molecule has 1 atom stereocenters. The Morgan fingerprint density at radius 3 is 2.46 bits per heavy atom. The first-order valence-electron chi connectivity index (χ1n) is 11.2. The van der Waals surface area contributed by atoms with Crippen molar-refractivity contribution in [2.75, 3.05) is 32.1 Å². The van der Waals surface area contributed by atoms with Crippen LogP contribution in [0.5, 0.6) is 5.88 Å². The van der Waals surface area contributed by atoms with Crippen LogP contribution in [0.4, 0.5) is 10.5 Å². The van der Waals surface area contributed by atoms with Crippen LogP contribution >= 0.6 is 0 Å². The van der Waals surface area contributed by atoms with Gasteiger partial charge in [-0.1, -0.05) is 27.7 Å². The van der Waals surface area contributed by atoms with E-state index in [2.05, 4.69) is 20.6 Å². The van der Waals surface area contributed by atoms with Gasteiger partial charge in [0.15, 0.2) is 4.91 Å². The number of nitrogens with one attached hydrogen (secondary N) is 3. The van der Waals surface area contributed by atoms with Crippen LogP contribution < -0.4 is 25.8 Å². The number of carbonyl (C=O) groups is 2. The maximum absolute atomic E-state index is 12.9. The summed E-state index contributed by atoms with van der Waals surface area (Å²) in [6.07, 6.45) is 0.816. The molecule has 0 bridgehead atoms. The second-order valence-corrected chi connectivity index (χ2v) is 10.3. The van der Waals surface area contributed by atoms with Crippen LogP contribution in [0.3, 0.4) is 0 Å². The molecular formula is C22H34N6O6S. The van der Waals surface area contributed by atoms with Gasteiger partial charge in [0.2, 0.25) is 17.7 Å². The molecule has 12 nitrogen and oxygen atoms in total. The summed E-state index contributed by atoms with van der Waals surface area (Å²) in [6, 6.07) is 0.716. The van der Waals surface area contributed by atoms with E-state index in [1.54, 1.807) is 6.07 Å². The van der Waals surface area contributed by atoms with Crippen molar-refractivity contribution in [3.8, 4) is 5.88 Å². The highest BCUT2D eigenvalue weighted by atomic mass is 32.2. The lowest BCUT2D eigenvalue weighted by Crippen LogP contribution is -2.40. The quantitative estimate of drug-likeness (QED) is 0.389. The van der Waals surface area contributed by atoms with Gasteiger partial charge >= 0.3 is 6.03 Å². The number of methoxy groups -OCH3 is 1. The third-order valence-electron chi connectivity index (χ3n) is 5.14. The number of amides is 3. The van der Waals surface area contributed by atoms with Crippen LogP contribution in [-0.4, -0.2) is 58.0 Å². The number of aromatic nitrogens is 1. The van der Waals surface area contributed by atoms with E-state index in [-0.39, 0.29) is 42.7 Å². The lowest BCUT2D eigenvalue weighted by atomic mass is 9.97. The Morgan fingerprint density at radius 1 is 1.29 bits per heavy atom. The largest absolute Gasteiger partial charge is 0.481 e. The summed E-state index contributed by atoms with van der Waals surface area (Å²) in [4.78, 5) is 32.0. The SMILES string of the molecule is COc1cc(C(C)C)c(NC(=O)NS(=O)(=O)C(=CN)C2=NCC(CNC(C)=O)CO2)c(C(C)C)n1. The zero-order valence-corrected chi connectivity index (χ0v) is 21.7. The monoisotopic (exact) mass is 510 g/mol. The predicted octanol–water partition coefficient (Wildman–Crippen LogP) is 1.77. The first-order chi connectivity index (χ1) is 16.4. The molecule has 3 amide bonds. The summed E-state index contributed by atoms with van der Waals surface area (Å²) in [6.45, 7) is 9.77. The Kier molecular flexibility index (Phi) is 9.46. The van der Waals surface area contributed by atoms with E-state index >= 15 is 0 Å². The summed E-state index contributed by atoms with van der Waals surface area (Å²) >= 11 is 0. The highest BCUT2D eigenvalue weighted by Crippen LogP contribution is 2.34. The Morgan fingerprint density at radius 2 is 1.97 bits per heavy atom. The van der Waals surface area contributed by atoms with Gasteiger partial charge in [-0.15, -0.1) is 0 Å². The summed E-state index contributed by atoms with van der Waals surface area (Å²) in [5, 5.41) is 5.29. The van der Waals surface area contributed by atoms with Crippen molar-refractivity contribution in [1.29, 1.82) is 0 Å². The van der Waals surface area contributed by atoms with E-state index in [0.717, 1.165) is 11.8 Å². The van der Waals surface area contributed by atoms with E-state index in [1.807, 2.05) is 32.4 Å². The van der Waals surface area contributed by atoms with E-state index in [0.29, 0.717) is 23.8 Å². The van der Waals surface area contributed by atoms with Crippen LogP contribution in [0.15, 0.2) is 22.2 Å². The highest BCUT2D eigenvalue weighted by Gasteiger charge is 2.30. The summed E-state index contributed by atoms with van der Waals surface area (Å²) in [7, 11) is -2.91. The zero-order chi connectivity index (χ0) is 26.3. The Bertz CT molecular complexity index is 1080. The Balaban J connectivity index is 2.23. The smallest absolute Gasteiger partial charge is 0.333 e. The van der Waals surface area contributed by atoms with E-state index in [9.17, 15) is 18.0 Å². The molecule has 35 heavy (non-hydrogen) atoms. The maximum Gasteiger partial charge on any atom is 0.333 e. The molecule has 5 N–H and O–H groups in total. The number of urea groups is 1. The number of ether oxygens (including phenoxy) is 2. The molecule has 1 unspecified atom stereocenters. The minimum Gasteiger partial charge on any atom is -0.481 e. The second kappa shape index (κ2) is 11.9. The molecule has 13 heteroatoms. The Hall–Kier alpha value is -3.35. The van der Waals surface area contributed by atoms with Gasteiger partial charge in [0.05, 0.1) is 31.6 Å². The Labute approximate surface area is 205 Å². The molecule has 0 radical (unpaired) electrons. The first-order valence-corrected chi connectivity index (χ1v) is 12.6. The highest BCUT2D eigenvalue weighted by molar-refractivity contribution is 7.94. The predicted molar refractivity (Wildman–Crippen MR) is 133 cm³/mol. The molecule has 0 saturated carbocycles. The van der Waals surface area contributed by atoms with E-state index < -0.39 is 21.0 Å². The van der Waals surface area contributed by atoms with Gasteiger partial charge in [0.25, 0.3) is 10.0 Å². The minimum absolute atomic E-state index is 0.00811. The molecule has 1 aromatic rings. The molecule has 1 aliphatic heterocycles. The molecule has 0 fully saturated rings.